The average molecular weight is 273 g/mol. The van der Waals surface area contributed by atoms with Crippen LogP contribution in [0.2, 0.25) is 0 Å². The van der Waals surface area contributed by atoms with E-state index in [0.717, 1.165) is 6.07 Å². The van der Waals surface area contributed by atoms with Crippen molar-refractivity contribution in [1.82, 2.24) is 0 Å². The standard InChI is InChI=1S/C11H10ClF5/c1-6-4-7(10(14)5-9(6)13)8(12)2-3-11(15,16)17/h4-5,8H,2-3H2,1H3. The third-order valence-corrected chi connectivity index (χ3v) is 2.75. The first-order chi connectivity index (χ1) is 7.70. The van der Waals surface area contributed by atoms with E-state index in [1.165, 1.54) is 6.92 Å². The fourth-order valence-corrected chi connectivity index (χ4v) is 1.64. The molecule has 0 saturated carbocycles. The molecule has 0 amide bonds. The van der Waals surface area contributed by atoms with E-state index in [-0.39, 0.29) is 11.1 Å². The monoisotopic (exact) mass is 272 g/mol. The Kier molecular flexibility index (Phi) is 4.36. The Hall–Kier alpha value is -0.840. The molecule has 0 nitrogen and oxygen atoms in total. The van der Waals surface area contributed by atoms with Crippen LogP contribution >= 0.6 is 11.6 Å². The second kappa shape index (κ2) is 5.21. The molecular formula is C11H10ClF5. The maximum absolute atomic E-state index is 13.3. The fraction of sp³-hybridized carbons (Fsp3) is 0.455. The first-order valence-electron chi connectivity index (χ1n) is 4.87. The van der Waals surface area contributed by atoms with Gasteiger partial charge < -0.3 is 0 Å². The van der Waals surface area contributed by atoms with Gasteiger partial charge in [-0.25, -0.2) is 8.78 Å². The second-order valence-corrected chi connectivity index (χ2v) is 4.27. The summed E-state index contributed by atoms with van der Waals surface area (Å²) in [6, 6.07) is 1.77. The average Bonchev–Trinajstić information content (AvgIpc) is 2.19. The van der Waals surface area contributed by atoms with Crippen LogP contribution in [0.3, 0.4) is 0 Å². The van der Waals surface area contributed by atoms with Gasteiger partial charge in [0, 0.05) is 18.1 Å². The quantitative estimate of drug-likeness (QED) is 0.542. The largest absolute Gasteiger partial charge is 0.389 e. The van der Waals surface area contributed by atoms with E-state index >= 15 is 0 Å². The van der Waals surface area contributed by atoms with Gasteiger partial charge in [-0.15, -0.1) is 11.6 Å². The van der Waals surface area contributed by atoms with Crippen molar-refractivity contribution >= 4 is 11.6 Å². The summed E-state index contributed by atoms with van der Waals surface area (Å²) in [5.41, 5.74) is 0.0499. The number of rotatable bonds is 3. The molecule has 1 unspecified atom stereocenters. The number of benzene rings is 1. The van der Waals surface area contributed by atoms with Crippen molar-refractivity contribution in [2.24, 2.45) is 0 Å². The lowest BCUT2D eigenvalue weighted by molar-refractivity contribution is -0.135. The molecule has 1 aromatic carbocycles. The van der Waals surface area contributed by atoms with Gasteiger partial charge in [0.1, 0.15) is 11.6 Å². The number of halogens is 6. The minimum atomic E-state index is -4.33. The van der Waals surface area contributed by atoms with E-state index in [1.54, 1.807) is 0 Å². The molecule has 1 atom stereocenters. The van der Waals surface area contributed by atoms with Gasteiger partial charge >= 0.3 is 6.18 Å². The summed E-state index contributed by atoms with van der Waals surface area (Å²) < 4.78 is 62.1. The summed E-state index contributed by atoms with van der Waals surface area (Å²) in [5.74, 6) is -1.67. The molecule has 0 bridgehead atoms. The summed E-state index contributed by atoms with van der Waals surface area (Å²) in [4.78, 5) is 0. The minimum absolute atomic E-state index is 0.102. The first kappa shape index (κ1) is 14.2. The third-order valence-electron chi connectivity index (χ3n) is 2.30. The zero-order chi connectivity index (χ0) is 13.2. The van der Waals surface area contributed by atoms with Crippen molar-refractivity contribution in [1.29, 1.82) is 0 Å². The molecule has 0 radical (unpaired) electrons. The Labute approximate surface area is 100 Å². The molecule has 1 aromatic rings. The Morgan fingerprint density at radius 1 is 1.18 bits per heavy atom. The molecule has 0 N–H and O–H groups in total. The number of hydrogen-bond acceptors (Lipinski definition) is 0. The Morgan fingerprint density at radius 2 is 1.76 bits per heavy atom. The van der Waals surface area contributed by atoms with Gasteiger partial charge in [-0.3, -0.25) is 0 Å². The molecule has 0 aliphatic carbocycles. The summed E-state index contributed by atoms with van der Waals surface area (Å²) in [6.45, 7) is 1.39. The van der Waals surface area contributed by atoms with Crippen LogP contribution in [-0.2, 0) is 0 Å². The predicted molar refractivity (Wildman–Crippen MR) is 55.0 cm³/mol. The summed E-state index contributed by atoms with van der Waals surface area (Å²) in [5, 5.41) is -1.11. The van der Waals surface area contributed by atoms with Crippen LogP contribution in [0.1, 0.15) is 29.3 Å². The first-order valence-corrected chi connectivity index (χ1v) is 5.30. The van der Waals surface area contributed by atoms with Gasteiger partial charge in [0.05, 0.1) is 5.38 Å². The zero-order valence-electron chi connectivity index (χ0n) is 8.91. The lowest BCUT2D eigenvalue weighted by Gasteiger charge is -2.13. The number of alkyl halides is 4. The van der Waals surface area contributed by atoms with Crippen molar-refractivity contribution in [3.05, 3.63) is 34.9 Å². The summed E-state index contributed by atoms with van der Waals surface area (Å²) in [6.07, 6.45) is -5.87. The van der Waals surface area contributed by atoms with Gasteiger partial charge in [0.15, 0.2) is 0 Å². The van der Waals surface area contributed by atoms with Crippen molar-refractivity contribution in [2.45, 2.75) is 31.3 Å². The van der Waals surface area contributed by atoms with Crippen LogP contribution in [-0.4, -0.2) is 6.18 Å². The van der Waals surface area contributed by atoms with Gasteiger partial charge in [0.2, 0.25) is 0 Å². The molecule has 0 heterocycles. The van der Waals surface area contributed by atoms with Crippen molar-refractivity contribution in [3.63, 3.8) is 0 Å². The predicted octanol–water partition coefficient (Wildman–Crippen LogP) is 4.90. The molecule has 0 aliphatic heterocycles. The van der Waals surface area contributed by atoms with E-state index in [9.17, 15) is 22.0 Å². The lowest BCUT2D eigenvalue weighted by Crippen LogP contribution is -2.09. The van der Waals surface area contributed by atoms with Crippen LogP contribution in [0.4, 0.5) is 22.0 Å². The molecular weight excluding hydrogens is 263 g/mol. The van der Waals surface area contributed by atoms with Gasteiger partial charge in [-0.05, 0) is 25.0 Å². The molecule has 0 fully saturated rings. The van der Waals surface area contributed by atoms with Crippen molar-refractivity contribution < 1.29 is 22.0 Å². The van der Waals surface area contributed by atoms with Gasteiger partial charge in [-0.2, -0.15) is 13.2 Å². The lowest BCUT2D eigenvalue weighted by atomic mass is 10.0. The highest BCUT2D eigenvalue weighted by molar-refractivity contribution is 6.20. The minimum Gasteiger partial charge on any atom is -0.207 e. The van der Waals surface area contributed by atoms with Gasteiger partial charge in [-0.1, -0.05) is 0 Å². The summed E-state index contributed by atoms with van der Waals surface area (Å²) >= 11 is 5.68. The third kappa shape index (κ3) is 4.15. The normalized spacial score (nSPS) is 13.8. The molecule has 0 saturated heterocycles. The second-order valence-electron chi connectivity index (χ2n) is 3.74. The molecule has 0 spiro atoms. The van der Waals surface area contributed by atoms with E-state index in [1.807, 2.05) is 0 Å². The SMILES string of the molecule is Cc1cc(C(Cl)CCC(F)(F)F)c(F)cc1F. The van der Waals surface area contributed by atoms with E-state index < -0.39 is 36.0 Å². The van der Waals surface area contributed by atoms with Crippen LogP contribution in [0.15, 0.2) is 12.1 Å². The van der Waals surface area contributed by atoms with Crippen LogP contribution < -0.4 is 0 Å². The van der Waals surface area contributed by atoms with Gasteiger partial charge in [0.25, 0.3) is 0 Å². The topological polar surface area (TPSA) is 0 Å². The Morgan fingerprint density at radius 3 is 2.29 bits per heavy atom. The number of hydrogen-bond donors (Lipinski definition) is 0. The Bertz CT molecular complexity index is 400. The molecule has 17 heavy (non-hydrogen) atoms. The van der Waals surface area contributed by atoms with Crippen LogP contribution in [0.25, 0.3) is 0 Å². The van der Waals surface area contributed by atoms with Crippen molar-refractivity contribution in [3.8, 4) is 0 Å². The Balaban J connectivity index is 2.82. The van der Waals surface area contributed by atoms with Crippen molar-refractivity contribution in [2.75, 3.05) is 0 Å². The highest BCUT2D eigenvalue weighted by Gasteiger charge is 2.29. The van der Waals surface area contributed by atoms with E-state index in [4.69, 9.17) is 11.6 Å². The molecule has 0 aromatic heterocycles. The smallest absolute Gasteiger partial charge is 0.207 e. The highest BCUT2D eigenvalue weighted by Crippen LogP contribution is 2.33. The maximum Gasteiger partial charge on any atom is 0.389 e. The summed E-state index contributed by atoms with van der Waals surface area (Å²) in [7, 11) is 0. The molecule has 1 rings (SSSR count). The molecule has 96 valence electrons. The molecule has 6 heteroatoms. The van der Waals surface area contributed by atoms with Crippen LogP contribution in [0.5, 0.6) is 0 Å². The van der Waals surface area contributed by atoms with E-state index in [2.05, 4.69) is 0 Å². The maximum atomic E-state index is 13.3. The highest BCUT2D eigenvalue weighted by atomic mass is 35.5. The zero-order valence-corrected chi connectivity index (χ0v) is 9.67. The number of aryl methyl sites for hydroxylation is 1. The van der Waals surface area contributed by atoms with Crippen LogP contribution in [0, 0.1) is 18.6 Å². The van der Waals surface area contributed by atoms with E-state index in [0.29, 0.717) is 6.07 Å². The fourth-order valence-electron chi connectivity index (χ4n) is 1.37. The molecule has 0 aliphatic rings.